The predicted octanol–water partition coefficient (Wildman–Crippen LogP) is 1.60. The topological polar surface area (TPSA) is 101 Å². The van der Waals surface area contributed by atoms with Crippen molar-refractivity contribution in [2.24, 2.45) is 11.8 Å². The summed E-state index contributed by atoms with van der Waals surface area (Å²) in [4.78, 5) is 23.1. The number of carboxylic acids is 1. The van der Waals surface area contributed by atoms with Crippen LogP contribution < -0.4 is 5.32 Å². The maximum absolute atomic E-state index is 12.8. The summed E-state index contributed by atoms with van der Waals surface area (Å²) in [6.07, 6.45) is 4.04. The summed E-state index contributed by atoms with van der Waals surface area (Å²) in [6.45, 7) is 4.84. The van der Waals surface area contributed by atoms with Gasteiger partial charge in [-0.25, -0.2) is 8.42 Å². The number of hydrogen-bond acceptors (Lipinski definition) is 4. The van der Waals surface area contributed by atoms with E-state index in [1.165, 1.54) is 6.92 Å². The van der Waals surface area contributed by atoms with Gasteiger partial charge in [0.25, 0.3) is 0 Å². The Morgan fingerprint density at radius 3 is 2.14 bits per heavy atom. The van der Waals surface area contributed by atoms with E-state index in [1.807, 2.05) is 0 Å². The van der Waals surface area contributed by atoms with E-state index in [-0.39, 0.29) is 12.5 Å². The van der Waals surface area contributed by atoms with Crippen LogP contribution in [0.2, 0.25) is 0 Å². The number of carbonyl (C=O) groups is 2. The van der Waals surface area contributed by atoms with Gasteiger partial charge in [-0.2, -0.15) is 0 Å². The van der Waals surface area contributed by atoms with Gasteiger partial charge in [-0.1, -0.05) is 40.0 Å². The first-order chi connectivity index (χ1) is 10.2. The fourth-order valence-corrected chi connectivity index (χ4v) is 5.42. The van der Waals surface area contributed by atoms with Crippen molar-refractivity contribution in [1.29, 1.82) is 0 Å². The highest BCUT2D eigenvalue weighted by Gasteiger charge is 2.41. The van der Waals surface area contributed by atoms with Crippen LogP contribution >= 0.6 is 0 Å². The fraction of sp³-hybridized carbons (Fsp3) is 0.867. The highest BCUT2D eigenvalue weighted by atomic mass is 32.2. The molecule has 2 N–H and O–H groups in total. The van der Waals surface area contributed by atoms with Gasteiger partial charge in [0, 0.05) is 6.54 Å². The SMILES string of the molecule is CC(CNC(=O)C(C(C)C)S(=O)(=O)C1CCCCC1)C(=O)O. The van der Waals surface area contributed by atoms with Gasteiger partial charge in [-0.15, -0.1) is 0 Å². The highest BCUT2D eigenvalue weighted by molar-refractivity contribution is 7.93. The predicted molar refractivity (Wildman–Crippen MR) is 84.2 cm³/mol. The van der Waals surface area contributed by atoms with Crippen molar-refractivity contribution in [2.75, 3.05) is 6.54 Å². The molecule has 0 spiro atoms. The molecule has 1 fully saturated rings. The van der Waals surface area contributed by atoms with Crippen molar-refractivity contribution in [3.05, 3.63) is 0 Å². The number of hydrogen-bond donors (Lipinski definition) is 2. The molecule has 0 heterocycles. The van der Waals surface area contributed by atoms with E-state index in [4.69, 9.17) is 5.11 Å². The molecule has 1 rings (SSSR count). The molecule has 0 aromatic rings. The molecule has 1 aliphatic carbocycles. The first kappa shape index (κ1) is 18.9. The lowest BCUT2D eigenvalue weighted by atomic mass is 10.0. The Morgan fingerprint density at radius 1 is 1.14 bits per heavy atom. The minimum absolute atomic E-state index is 0.0580. The van der Waals surface area contributed by atoms with Crippen molar-refractivity contribution >= 4 is 21.7 Å². The summed E-state index contributed by atoms with van der Waals surface area (Å²) in [5.41, 5.74) is 0. The molecule has 0 aromatic heterocycles. The van der Waals surface area contributed by atoms with E-state index in [0.29, 0.717) is 12.8 Å². The number of carboxylic acid groups (broad SMARTS) is 1. The van der Waals surface area contributed by atoms with Crippen LogP contribution in [-0.2, 0) is 19.4 Å². The van der Waals surface area contributed by atoms with Crippen molar-refractivity contribution < 1.29 is 23.1 Å². The Balaban J connectivity index is 2.83. The highest BCUT2D eigenvalue weighted by Crippen LogP contribution is 2.29. The van der Waals surface area contributed by atoms with Crippen LogP contribution in [0.1, 0.15) is 52.9 Å². The average molecular weight is 333 g/mol. The molecule has 0 aliphatic heterocycles. The van der Waals surface area contributed by atoms with Crippen molar-refractivity contribution in [1.82, 2.24) is 5.32 Å². The Kier molecular flexibility index (Phi) is 6.84. The zero-order valence-electron chi connectivity index (χ0n) is 13.5. The number of carbonyl (C=O) groups excluding carboxylic acids is 1. The first-order valence-electron chi connectivity index (χ1n) is 7.91. The maximum atomic E-state index is 12.8. The number of rotatable bonds is 7. The number of amides is 1. The van der Waals surface area contributed by atoms with Crippen LogP contribution in [0.15, 0.2) is 0 Å². The van der Waals surface area contributed by atoms with Gasteiger partial charge >= 0.3 is 5.97 Å². The lowest BCUT2D eigenvalue weighted by molar-refractivity contribution is -0.141. The summed E-state index contributed by atoms with van der Waals surface area (Å²) >= 11 is 0. The van der Waals surface area contributed by atoms with Crippen LogP contribution in [0.5, 0.6) is 0 Å². The summed E-state index contributed by atoms with van der Waals surface area (Å²) in [5, 5.41) is 9.78. The molecule has 1 saturated carbocycles. The largest absolute Gasteiger partial charge is 0.481 e. The minimum atomic E-state index is -3.55. The molecule has 2 unspecified atom stereocenters. The molecule has 0 bridgehead atoms. The third-order valence-electron chi connectivity index (χ3n) is 4.24. The summed E-state index contributed by atoms with van der Waals surface area (Å²) in [7, 11) is -3.55. The van der Waals surface area contributed by atoms with Crippen molar-refractivity contribution in [2.45, 2.75) is 63.4 Å². The molecule has 128 valence electrons. The maximum Gasteiger partial charge on any atom is 0.308 e. The second-order valence-electron chi connectivity index (χ2n) is 6.50. The van der Waals surface area contributed by atoms with Gasteiger partial charge in [0.15, 0.2) is 9.84 Å². The molecule has 0 aromatic carbocycles. The van der Waals surface area contributed by atoms with E-state index in [2.05, 4.69) is 5.32 Å². The number of nitrogens with one attached hydrogen (secondary N) is 1. The Labute approximate surface area is 132 Å². The third kappa shape index (κ3) is 4.69. The molecule has 22 heavy (non-hydrogen) atoms. The molecule has 1 aliphatic rings. The van der Waals surface area contributed by atoms with E-state index in [0.717, 1.165) is 19.3 Å². The zero-order valence-corrected chi connectivity index (χ0v) is 14.4. The van der Waals surface area contributed by atoms with E-state index in [9.17, 15) is 18.0 Å². The molecular formula is C15H27NO5S. The molecule has 0 saturated heterocycles. The van der Waals surface area contributed by atoms with Gasteiger partial charge in [-0.05, 0) is 18.8 Å². The average Bonchev–Trinajstić information content (AvgIpc) is 2.44. The monoisotopic (exact) mass is 333 g/mol. The Bertz CT molecular complexity index is 494. The summed E-state index contributed by atoms with van der Waals surface area (Å²) < 4.78 is 25.5. The Hall–Kier alpha value is -1.11. The quantitative estimate of drug-likeness (QED) is 0.737. The van der Waals surface area contributed by atoms with Gasteiger partial charge in [0.05, 0.1) is 11.2 Å². The lowest BCUT2D eigenvalue weighted by Gasteiger charge is -2.28. The molecular weight excluding hydrogens is 306 g/mol. The molecule has 2 atom stereocenters. The minimum Gasteiger partial charge on any atom is -0.481 e. The van der Waals surface area contributed by atoms with E-state index in [1.54, 1.807) is 13.8 Å². The van der Waals surface area contributed by atoms with Crippen LogP contribution in [-0.4, -0.2) is 42.4 Å². The van der Waals surface area contributed by atoms with E-state index >= 15 is 0 Å². The first-order valence-corrected chi connectivity index (χ1v) is 9.52. The van der Waals surface area contributed by atoms with Crippen LogP contribution in [0, 0.1) is 11.8 Å². The normalized spacial score (nSPS) is 19.6. The smallest absolute Gasteiger partial charge is 0.308 e. The summed E-state index contributed by atoms with van der Waals surface area (Å²) in [5.74, 6) is -2.67. The molecule has 7 heteroatoms. The van der Waals surface area contributed by atoms with Gasteiger partial charge in [0.1, 0.15) is 5.25 Å². The molecule has 0 radical (unpaired) electrons. The van der Waals surface area contributed by atoms with Gasteiger partial charge in [0.2, 0.25) is 5.91 Å². The zero-order chi connectivity index (χ0) is 16.9. The number of sulfone groups is 1. The molecule has 1 amide bonds. The second-order valence-corrected chi connectivity index (χ2v) is 8.85. The van der Waals surface area contributed by atoms with Crippen molar-refractivity contribution in [3.63, 3.8) is 0 Å². The van der Waals surface area contributed by atoms with Crippen LogP contribution in [0.4, 0.5) is 0 Å². The van der Waals surface area contributed by atoms with Crippen molar-refractivity contribution in [3.8, 4) is 0 Å². The molecule has 6 nitrogen and oxygen atoms in total. The fourth-order valence-electron chi connectivity index (χ4n) is 2.87. The standard InChI is InChI=1S/C15H27NO5S/c1-10(2)13(14(17)16-9-11(3)15(18)19)22(20,21)12-7-5-4-6-8-12/h10-13H,4-9H2,1-3H3,(H,16,17)(H,18,19). The van der Waals surface area contributed by atoms with Crippen LogP contribution in [0.25, 0.3) is 0 Å². The lowest BCUT2D eigenvalue weighted by Crippen LogP contribution is -2.48. The second kappa shape index (κ2) is 7.94. The Morgan fingerprint density at radius 2 is 1.68 bits per heavy atom. The van der Waals surface area contributed by atoms with Gasteiger partial charge in [-0.3, -0.25) is 9.59 Å². The number of aliphatic carboxylic acids is 1. The third-order valence-corrected chi connectivity index (χ3v) is 7.11. The summed E-state index contributed by atoms with van der Waals surface area (Å²) in [6, 6.07) is 0. The van der Waals surface area contributed by atoms with Crippen LogP contribution in [0.3, 0.4) is 0 Å². The van der Waals surface area contributed by atoms with E-state index < -0.39 is 38.1 Å². The van der Waals surface area contributed by atoms with Gasteiger partial charge < -0.3 is 10.4 Å².